The van der Waals surface area contributed by atoms with Gasteiger partial charge in [0.2, 0.25) is 5.91 Å². The van der Waals surface area contributed by atoms with Gasteiger partial charge in [0.1, 0.15) is 5.69 Å². The molecule has 0 spiro atoms. The molecule has 4 aromatic rings. The highest BCUT2D eigenvalue weighted by Gasteiger charge is 2.43. The molecule has 7 rings (SSSR count). The second-order valence-electron chi connectivity index (χ2n) is 16.2. The van der Waals surface area contributed by atoms with Crippen molar-refractivity contribution in [2.75, 3.05) is 89.2 Å². The van der Waals surface area contributed by atoms with Crippen LogP contribution in [0.4, 0.5) is 28.9 Å². The third-order valence-electron chi connectivity index (χ3n) is 11.9. The number of anilines is 2. The Morgan fingerprint density at radius 2 is 1.71 bits per heavy atom. The summed E-state index contributed by atoms with van der Waals surface area (Å²) in [5, 5.41) is 22.2. The number of aliphatic carboxylic acids is 1. The number of amides is 3. The van der Waals surface area contributed by atoms with E-state index in [-0.39, 0.29) is 70.8 Å². The lowest BCUT2D eigenvalue weighted by atomic mass is 9.90. The molecule has 21 heteroatoms. The van der Waals surface area contributed by atoms with Crippen molar-refractivity contribution in [1.82, 2.24) is 34.4 Å². The van der Waals surface area contributed by atoms with Gasteiger partial charge in [-0.05, 0) is 49.4 Å². The van der Waals surface area contributed by atoms with Crippen LogP contribution < -0.4 is 21.7 Å². The number of piperazine rings is 1. The molecule has 0 aliphatic carbocycles. The van der Waals surface area contributed by atoms with E-state index in [0.29, 0.717) is 74.6 Å². The number of benzene rings is 2. The fourth-order valence-corrected chi connectivity index (χ4v) is 8.76. The Balaban J connectivity index is 0.961. The molecule has 0 saturated carbocycles. The molecule has 62 heavy (non-hydrogen) atoms. The van der Waals surface area contributed by atoms with Gasteiger partial charge in [0.05, 0.1) is 47.7 Å². The van der Waals surface area contributed by atoms with Gasteiger partial charge in [-0.25, -0.2) is 18.9 Å². The van der Waals surface area contributed by atoms with E-state index in [9.17, 15) is 37.5 Å². The monoisotopic (exact) mass is 886 g/mol. The van der Waals surface area contributed by atoms with Crippen molar-refractivity contribution in [1.29, 1.82) is 0 Å². The normalized spacial score (nSPS) is 19.6. The number of nitrogens with zero attached hydrogens (tertiary/aromatic N) is 7. The molecule has 3 aliphatic heterocycles. The maximum atomic E-state index is 15.1. The van der Waals surface area contributed by atoms with Crippen molar-refractivity contribution in [3.8, 4) is 16.9 Å². The second-order valence-corrected chi connectivity index (χ2v) is 16.6. The van der Waals surface area contributed by atoms with Crippen LogP contribution in [0, 0.1) is 17.7 Å². The first-order valence-corrected chi connectivity index (χ1v) is 20.8. The molecule has 0 atom stereocenters. The molecule has 0 unspecified atom stereocenters. The van der Waals surface area contributed by atoms with E-state index >= 15 is 4.39 Å². The summed E-state index contributed by atoms with van der Waals surface area (Å²) in [7, 11) is 1.36. The first-order valence-electron chi connectivity index (χ1n) is 20.4. The highest BCUT2D eigenvalue weighted by Crippen LogP contribution is 2.37. The lowest BCUT2D eigenvalue weighted by Gasteiger charge is -2.46. The topological polar surface area (TPSA) is 193 Å². The number of carbonyl (C=O) groups excluding carboxylic acids is 3. The zero-order chi connectivity index (χ0) is 44.3. The standard InChI is InChI=1S/C41H48ClF4N11O5/c1-53-34(30-22-56(52-36(30)41(44,45)46)33-6-4-27(18-32(33)43)49-10-2-9-47)21-50-37(53)38(60)51-28-3-5-29(31(42)17-28)40(62)55-13-11-54(12-14-55)39(61)26-7-15-57(16-8-26,24-35(58)59)23-25-19-48-20-25/h3-6,17-18,21-22,25-26,48-49H,2,7-16,19-20,23-24,47H2,1H3,(H-,51,58,59,60,62)/p+1. The summed E-state index contributed by atoms with van der Waals surface area (Å²) in [5.74, 6) is -2.76. The second kappa shape index (κ2) is 18.4. The maximum Gasteiger partial charge on any atom is 0.435 e. The molecule has 6 N–H and O–H groups in total. The van der Waals surface area contributed by atoms with Gasteiger partial charge < -0.3 is 45.6 Å². The SMILES string of the molecule is Cn1c(-c2cn(-c3ccc(NCCCN)cc3F)nc2C(F)(F)F)cnc1C(=O)Nc1ccc(C(=O)N2CCN(C(=O)C3CC[N+](CC(=O)O)(CC4CNC4)CC3)CC2)c(Cl)c1. The number of hydrogen-bond donors (Lipinski definition) is 5. The number of halogens is 5. The van der Waals surface area contributed by atoms with Crippen LogP contribution in [-0.2, 0) is 22.8 Å². The number of piperidine rings is 1. The fourth-order valence-electron chi connectivity index (χ4n) is 8.49. The number of carbonyl (C=O) groups is 4. The van der Waals surface area contributed by atoms with Crippen LogP contribution in [0.1, 0.15) is 45.9 Å². The smallest absolute Gasteiger partial charge is 0.435 e. The number of nitrogens with two attached hydrogens (primary N) is 1. The van der Waals surface area contributed by atoms with E-state index in [1.165, 1.54) is 37.4 Å². The molecule has 332 valence electrons. The number of alkyl halides is 3. The first kappa shape index (κ1) is 44.5. The highest BCUT2D eigenvalue weighted by molar-refractivity contribution is 6.34. The third-order valence-corrected chi connectivity index (χ3v) is 12.2. The number of likely N-dealkylation sites (tertiary alicyclic amines) is 1. The van der Waals surface area contributed by atoms with E-state index < -0.39 is 35.1 Å². The van der Waals surface area contributed by atoms with E-state index in [1.54, 1.807) is 9.80 Å². The number of hydrogen-bond acceptors (Lipinski definition) is 9. The Morgan fingerprint density at radius 1 is 1.02 bits per heavy atom. The van der Waals surface area contributed by atoms with E-state index in [4.69, 9.17) is 17.3 Å². The van der Waals surface area contributed by atoms with Gasteiger partial charge in [-0.15, -0.1) is 0 Å². The maximum absolute atomic E-state index is 15.1. The fraction of sp³-hybridized carbons (Fsp3) is 0.463. The summed E-state index contributed by atoms with van der Waals surface area (Å²) in [6.07, 6.45) is -0.958. The molecule has 5 heterocycles. The Hall–Kier alpha value is -5.57. The van der Waals surface area contributed by atoms with Gasteiger partial charge in [0.15, 0.2) is 23.9 Å². The van der Waals surface area contributed by atoms with Crippen LogP contribution in [0.25, 0.3) is 16.9 Å². The lowest BCUT2D eigenvalue weighted by Crippen LogP contribution is -2.62. The minimum Gasteiger partial charge on any atom is -0.477 e. The summed E-state index contributed by atoms with van der Waals surface area (Å²) >= 11 is 6.55. The first-order chi connectivity index (χ1) is 29.6. The van der Waals surface area contributed by atoms with Crippen LogP contribution in [0.3, 0.4) is 0 Å². The van der Waals surface area contributed by atoms with Gasteiger partial charge in [0, 0.05) is 95.1 Å². The average molecular weight is 887 g/mol. The van der Waals surface area contributed by atoms with Gasteiger partial charge >= 0.3 is 12.1 Å². The predicted molar refractivity (Wildman–Crippen MR) is 221 cm³/mol. The Bertz CT molecular complexity index is 2320. The molecule has 3 fully saturated rings. The highest BCUT2D eigenvalue weighted by atomic mass is 35.5. The van der Waals surface area contributed by atoms with Crippen molar-refractivity contribution in [2.24, 2.45) is 24.6 Å². The number of rotatable bonds is 14. The summed E-state index contributed by atoms with van der Waals surface area (Å²) in [6, 6.07) is 8.26. The number of quaternary nitrogens is 1. The minimum atomic E-state index is -4.93. The summed E-state index contributed by atoms with van der Waals surface area (Å²) in [6.45, 7) is 6.05. The van der Waals surface area contributed by atoms with Gasteiger partial charge in [-0.2, -0.15) is 18.3 Å². The summed E-state index contributed by atoms with van der Waals surface area (Å²) in [5.41, 5.74) is 4.21. The van der Waals surface area contributed by atoms with Crippen LogP contribution in [0.2, 0.25) is 5.02 Å². The number of nitrogens with one attached hydrogen (secondary N) is 3. The van der Waals surface area contributed by atoms with E-state index in [1.807, 2.05) is 0 Å². The van der Waals surface area contributed by atoms with Gasteiger partial charge in [0.25, 0.3) is 11.8 Å². The van der Waals surface area contributed by atoms with E-state index in [0.717, 1.165) is 47.3 Å². The van der Waals surface area contributed by atoms with Crippen molar-refractivity contribution < 1.29 is 46.3 Å². The number of carboxylic acids is 1. The number of aromatic nitrogens is 4. The predicted octanol–water partition coefficient (Wildman–Crippen LogP) is 3.91. The third kappa shape index (κ3) is 9.72. The average Bonchev–Trinajstić information content (AvgIpc) is 3.83. The van der Waals surface area contributed by atoms with Crippen molar-refractivity contribution in [2.45, 2.75) is 25.4 Å². The number of carboxylic acid groups (broad SMARTS) is 1. The molecule has 2 aromatic carbocycles. The minimum absolute atomic E-state index is 0.0217. The van der Waals surface area contributed by atoms with Crippen molar-refractivity contribution in [3.05, 3.63) is 76.7 Å². The van der Waals surface area contributed by atoms with Gasteiger partial charge in [-0.1, -0.05) is 11.6 Å². The van der Waals surface area contributed by atoms with E-state index in [2.05, 4.69) is 26.0 Å². The molecular formula is C41H49ClF4N11O5+. The van der Waals surface area contributed by atoms with Crippen LogP contribution in [0.5, 0.6) is 0 Å². The molecule has 0 bridgehead atoms. The Labute approximate surface area is 359 Å². The largest absolute Gasteiger partial charge is 0.477 e. The summed E-state index contributed by atoms with van der Waals surface area (Å²) < 4.78 is 60.4. The van der Waals surface area contributed by atoms with Crippen molar-refractivity contribution >= 4 is 46.7 Å². The van der Waals surface area contributed by atoms with Crippen LogP contribution >= 0.6 is 11.6 Å². The van der Waals surface area contributed by atoms with Gasteiger partial charge in [-0.3, -0.25) is 14.4 Å². The molecule has 3 amide bonds. The molecule has 3 aliphatic rings. The lowest BCUT2D eigenvalue weighted by molar-refractivity contribution is -0.929. The molecule has 0 radical (unpaired) electrons. The molecule has 2 aromatic heterocycles. The Kier molecular flexibility index (Phi) is 13.2. The summed E-state index contributed by atoms with van der Waals surface area (Å²) in [4.78, 5) is 59.6. The zero-order valence-corrected chi connectivity index (χ0v) is 34.8. The quantitative estimate of drug-likeness (QED) is 0.0705. The van der Waals surface area contributed by atoms with Crippen LogP contribution in [0.15, 0.2) is 48.8 Å². The zero-order valence-electron chi connectivity index (χ0n) is 34.1. The molecule has 16 nitrogen and oxygen atoms in total. The van der Waals surface area contributed by atoms with Crippen LogP contribution in [-0.4, -0.2) is 141 Å². The molecule has 3 saturated heterocycles. The number of imidazole rings is 1. The molecular weight excluding hydrogens is 838 g/mol. The Morgan fingerprint density at radius 3 is 2.32 bits per heavy atom. The van der Waals surface area contributed by atoms with Crippen molar-refractivity contribution in [3.63, 3.8) is 0 Å².